The van der Waals surface area contributed by atoms with Gasteiger partial charge in [-0.3, -0.25) is 10.1 Å². The first-order valence-electron chi connectivity index (χ1n) is 10.6. The van der Waals surface area contributed by atoms with Gasteiger partial charge < -0.3 is 4.74 Å². The van der Waals surface area contributed by atoms with Gasteiger partial charge in [-0.1, -0.05) is 63.9 Å². The highest BCUT2D eigenvalue weighted by Gasteiger charge is 2.12. The Labute approximate surface area is 220 Å². The number of hydrogen-bond donors (Lipinski definition) is 1. The molecule has 4 aromatic rings. The minimum absolute atomic E-state index is 0.00973. The van der Waals surface area contributed by atoms with Gasteiger partial charge in [0, 0.05) is 27.0 Å². The number of amides is 1. The molecule has 1 heterocycles. The van der Waals surface area contributed by atoms with Crippen LogP contribution in [-0.2, 0) is 17.8 Å². The van der Waals surface area contributed by atoms with Crippen molar-refractivity contribution >= 4 is 56.0 Å². The molecular weight excluding hydrogens is 546 g/mol. The fraction of sp³-hybridized carbons (Fsp3) is 0.0741. The van der Waals surface area contributed by atoms with E-state index in [-0.39, 0.29) is 5.57 Å². The summed E-state index contributed by atoms with van der Waals surface area (Å²) in [6.45, 7) is 0.413. The first-order chi connectivity index (χ1) is 17.0. The zero-order valence-electron chi connectivity index (χ0n) is 18.4. The summed E-state index contributed by atoms with van der Waals surface area (Å²) in [5.74, 6) is 0.182. The number of carbonyl (C=O) groups is 1. The molecule has 0 bridgehead atoms. The van der Waals surface area contributed by atoms with Crippen LogP contribution in [0.5, 0.6) is 5.75 Å². The molecule has 0 atom stereocenters. The summed E-state index contributed by atoms with van der Waals surface area (Å²) >= 11 is 10.7. The minimum Gasteiger partial charge on any atom is -0.489 e. The average molecular weight is 565 g/mol. The molecule has 0 aliphatic heterocycles. The first-order valence-corrected chi connectivity index (χ1v) is 12.6. The Bertz CT molecular complexity index is 1380. The fourth-order valence-corrected chi connectivity index (χ4v) is 4.37. The van der Waals surface area contributed by atoms with Crippen molar-refractivity contribution in [3.05, 3.63) is 116 Å². The normalized spacial score (nSPS) is 11.1. The largest absolute Gasteiger partial charge is 0.489 e. The van der Waals surface area contributed by atoms with Crippen LogP contribution in [0, 0.1) is 11.3 Å². The van der Waals surface area contributed by atoms with Crippen molar-refractivity contribution in [2.45, 2.75) is 13.0 Å². The summed E-state index contributed by atoms with van der Waals surface area (Å²) in [4.78, 5) is 17.9. The predicted molar refractivity (Wildman–Crippen MR) is 144 cm³/mol. The number of rotatable bonds is 8. The van der Waals surface area contributed by atoms with Gasteiger partial charge in [0.05, 0.1) is 0 Å². The lowest BCUT2D eigenvalue weighted by atomic mass is 10.1. The second kappa shape index (κ2) is 11.8. The summed E-state index contributed by atoms with van der Waals surface area (Å²) < 4.78 is 6.80. The van der Waals surface area contributed by atoms with Crippen molar-refractivity contribution in [2.24, 2.45) is 0 Å². The van der Waals surface area contributed by atoms with E-state index in [4.69, 9.17) is 16.3 Å². The molecule has 0 saturated carbocycles. The molecule has 3 aromatic carbocycles. The number of benzene rings is 3. The Morgan fingerprint density at radius 3 is 2.43 bits per heavy atom. The van der Waals surface area contributed by atoms with Gasteiger partial charge in [-0.15, -0.1) is 11.3 Å². The molecule has 0 spiro atoms. The topological polar surface area (TPSA) is 75.0 Å². The van der Waals surface area contributed by atoms with E-state index in [1.54, 1.807) is 30.5 Å². The molecule has 5 nitrogen and oxygen atoms in total. The van der Waals surface area contributed by atoms with Crippen LogP contribution in [0.25, 0.3) is 6.08 Å². The monoisotopic (exact) mass is 563 g/mol. The van der Waals surface area contributed by atoms with Gasteiger partial charge in [-0.2, -0.15) is 5.26 Å². The molecule has 174 valence electrons. The van der Waals surface area contributed by atoms with Gasteiger partial charge in [0.25, 0.3) is 5.91 Å². The molecule has 0 saturated heterocycles. The molecule has 1 N–H and O–H groups in total. The second-order valence-electron chi connectivity index (χ2n) is 7.54. The first kappa shape index (κ1) is 24.7. The molecule has 0 unspecified atom stereocenters. The molecule has 0 radical (unpaired) electrons. The third kappa shape index (κ3) is 7.27. The summed E-state index contributed by atoms with van der Waals surface area (Å²) in [6.07, 6.45) is 3.99. The zero-order valence-corrected chi connectivity index (χ0v) is 21.5. The Morgan fingerprint density at radius 2 is 1.74 bits per heavy atom. The van der Waals surface area contributed by atoms with Crippen molar-refractivity contribution in [3.8, 4) is 11.8 Å². The maximum Gasteiger partial charge on any atom is 0.268 e. The minimum atomic E-state index is -0.500. The van der Waals surface area contributed by atoms with E-state index in [1.165, 1.54) is 17.4 Å². The molecule has 1 aromatic heterocycles. The summed E-state index contributed by atoms with van der Waals surface area (Å²) in [5.41, 5.74) is 2.85. The van der Waals surface area contributed by atoms with Gasteiger partial charge in [0.2, 0.25) is 0 Å². The smallest absolute Gasteiger partial charge is 0.268 e. The van der Waals surface area contributed by atoms with Crippen molar-refractivity contribution < 1.29 is 9.53 Å². The van der Waals surface area contributed by atoms with E-state index < -0.39 is 5.91 Å². The quantitative estimate of drug-likeness (QED) is 0.180. The molecule has 0 aliphatic rings. The number of aromatic nitrogens is 1. The van der Waals surface area contributed by atoms with Crippen molar-refractivity contribution in [2.75, 3.05) is 5.32 Å². The molecule has 0 fully saturated rings. The third-order valence-corrected chi connectivity index (χ3v) is 6.63. The number of carbonyl (C=O) groups excluding carboxylic acids is 1. The molecular formula is C27H19BrClN3O2S. The highest BCUT2D eigenvalue weighted by atomic mass is 79.9. The van der Waals surface area contributed by atoms with E-state index in [0.717, 1.165) is 20.5 Å². The van der Waals surface area contributed by atoms with Crippen LogP contribution in [0.3, 0.4) is 0 Å². The number of nitrogens with zero attached hydrogens (tertiary/aromatic N) is 2. The van der Waals surface area contributed by atoms with Gasteiger partial charge in [-0.25, -0.2) is 4.98 Å². The van der Waals surface area contributed by atoms with Gasteiger partial charge >= 0.3 is 0 Å². The number of thiazole rings is 1. The number of halogens is 2. The number of anilines is 1. The lowest BCUT2D eigenvalue weighted by Gasteiger charge is -2.07. The lowest BCUT2D eigenvalue weighted by Crippen LogP contribution is -2.13. The van der Waals surface area contributed by atoms with E-state index in [0.29, 0.717) is 34.5 Å². The number of nitrogens with one attached hydrogen (secondary N) is 1. The van der Waals surface area contributed by atoms with Gasteiger partial charge in [-0.05, 0) is 59.2 Å². The van der Waals surface area contributed by atoms with E-state index in [9.17, 15) is 10.1 Å². The third-order valence-electron chi connectivity index (χ3n) is 4.94. The van der Waals surface area contributed by atoms with Crippen molar-refractivity contribution in [1.29, 1.82) is 5.26 Å². The Hall–Kier alpha value is -3.44. The van der Waals surface area contributed by atoms with Crippen LogP contribution in [0.4, 0.5) is 5.13 Å². The second-order valence-corrected chi connectivity index (χ2v) is 10.0. The highest BCUT2D eigenvalue weighted by Crippen LogP contribution is 2.23. The SMILES string of the molecule is N#C/C(=C\c1ccc(OCc2ccc(Cl)cc2)cc1)C(=O)Nc1ncc(Cc2ccc(Br)cc2)s1. The number of ether oxygens (including phenoxy) is 1. The molecule has 0 aliphatic carbocycles. The van der Waals surface area contributed by atoms with Crippen LogP contribution < -0.4 is 10.1 Å². The molecule has 8 heteroatoms. The summed E-state index contributed by atoms with van der Waals surface area (Å²) in [6, 6.07) is 24.6. The highest BCUT2D eigenvalue weighted by molar-refractivity contribution is 9.10. The van der Waals surface area contributed by atoms with E-state index in [2.05, 4.69) is 26.2 Å². The van der Waals surface area contributed by atoms with Gasteiger partial charge in [0.15, 0.2) is 5.13 Å². The molecule has 35 heavy (non-hydrogen) atoms. The summed E-state index contributed by atoms with van der Waals surface area (Å²) in [5, 5.41) is 13.4. The number of nitriles is 1. The average Bonchev–Trinajstić information content (AvgIpc) is 3.30. The fourth-order valence-electron chi connectivity index (χ4n) is 3.14. The predicted octanol–water partition coefficient (Wildman–Crippen LogP) is 7.27. The van der Waals surface area contributed by atoms with Crippen LogP contribution in [0.1, 0.15) is 21.6 Å². The standard InChI is InChI=1S/C27H19BrClN3O2S/c28-22-7-1-19(2-8-22)14-25-16-31-27(35-25)32-26(33)21(15-30)13-18-5-11-24(12-6-18)34-17-20-3-9-23(29)10-4-20/h1-13,16H,14,17H2,(H,31,32,33)/b21-13+. The maximum absolute atomic E-state index is 12.6. The Kier molecular flexibility index (Phi) is 8.32. The van der Waals surface area contributed by atoms with Crippen LogP contribution in [0.15, 0.2) is 89.0 Å². The summed E-state index contributed by atoms with van der Waals surface area (Å²) in [7, 11) is 0. The van der Waals surface area contributed by atoms with Crippen LogP contribution in [-0.4, -0.2) is 10.9 Å². The Balaban J connectivity index is 1.35. The maximum atomic E-state index is 12.6. The Morgan fingerprint density at radius 1 is 1.06 bits per heavy atom. The van der Waals surface area contributed by atoms with Crippen molar-refractivity contribution in [1.82, 2.24) is 4.98 Å². The molecule has 4 rings (SSSR count). The van der Waals surface area contributed by atoms with E-state index >= 15 is 0 Å². The van der Waals surface area contributed by atoms with E-state index in [1.807, 2.05) is 54.6 Å². The van der Waals surface area contributed by atoms with Crippen molar-refractivity contribution in [3.63, 3.8) is 0 Å². The van der Waals surface area contributed by atoms with Gasteiger partial charge in [0.1, 0.15) is 24.0 Å². The van der Waals surface area contributed by atoms with Crippen LogP contribution in [0.2, 0.25) is 5.02 Å². The number of hydrogen-bond acceptors (Lipinski definition) is 5. The zero-order chi connectivity index (χ0) is 24.6. The lowest BCUT2D eigenvalue weighted by molar-refractivity contribution is -0.112. The molecule has 1 amide bonds. The van der Waals surface area contributed by atoms with Crippen LogP contribution >= 0.6 is 38.9 Å².